The predicted octanol–water partition coefficient (Wildman–Crippen LogP) is 4.51. The van der Waals surface area contributed by atoms with Gasteiger partial charge in [0.2, 0.25) is 5.88 Å². The Morgan fingerprint density at radius 3 is 2.52 bits per heavy atom. The van der Waals surface area contributed by atoms with Gasteiger partial charge in [0.25, 0.3) is 0 Å². The van der Waals surface area contributed by atoms with Crippen LogP contribution in [-0.2, 0) is 0 Å². The van der Waals surface area contributed by atoms with Crippen molar-refractivity contribution in [1.82, 2.24) is 15.0 Å². The fraction of sp³-hybridized carbons (Fsp3) is 0.111. The molecule has 114 valence electrons. The first-order valence-corrected chi connectivity index (χ1v) is 8.49. The Labute approximate surface area is 137 Å². The lowest BCUT2D eigenvalue weighted by Crippen LogP contribution is -1.87. The number of aromatic amines is 1. The number of methoxy groups -OCH3 is 1. The topological polar surface area (TPSA) is 50.8 Å². The molecule has 0 amide bonds. The summed E-state index contributed by atoms with van der Waals surface area (Å²) in [7, 11) is 1.61. The van der Waals surface area contributed by atoms with E-state index in [2.05, 4.69) is 57.6 Å². The molecule has 4 nitrogen and oxygen atoms in total. The Morgan fingerprint density at radius 2 is 1.78 bits per heavy atom. The number of hydrogen-bond acceptors (Lipinski definition) is 4. The molecule has 0 radical (unpaired) electrons. The summed E-state index contributed by atoms with van der Waals surface area (Å²) < 4.78 is 5.17. The van der Waals surface area contributed by atoms with Gasteiger partial charge in [-0.05, 0) is 35.2 Å². The molecular weight excluding hydrogens is 306 g/mol. The van der Waals surface area contributed by atoms with Gasteiger partial charge in [0.05, 0.1) is 12.6 Å². The number of hydrogen-bond donors (Lipinski definition) is 1. The maximum Gasteiger partial charge on any atom is 0.215 e. The van der Waals surface area contributed by atoms with Crippen molar-refractivity contribution in [3.05, 3.63) is 48.5 Å². The van der Waals surface area contributed by atoms with Gasteiger partial charge < -0.3 is 9.72 Å². The van der Waals surface area contributed by atoms with Gasteiger partial charge in [0.1, 0.15) is 5.82 Å². The van der Waals surface area contributed by atoms with E-state index in [1.807, 2.05) is 12.1 Å². The van der Waals surface area contributed by atoms with Crippen LogP contribution in [0, 0.1) is 0 Å². The monoisotopic (exact) mass is 321 g/mol. The molecule has 0 fully saturated rings. The zero-order chi connectivity index (χ0) is 15.8. The molecule has 2 aromatic carbocycles. The molecular formula is C18H15N3OS. The molecule has 23 heavy (non-hydrogen) atoms. The molecule has 0 spiro atoms. The fourth-order valence-corrected chi connectivity index (χ4v) is 3.31. The van der Waals surface area contributed by atoms with E-state index in [-0.39, 0.29) is 0 Å². The van der Waals surface area contributed by atoms with Crippen molar-refractivity contribution in [3.8, 4) is 17.3 Å². The molecule has 0 aliphatic heterocycles. The van der Waals surface area contributed by atoms with Crippen LogP contribution in [0.25, 0.3) is 33.3 Å². The minimum atomic E-state index is 0.569. The van der Waals surface area contributed by atoms with E-state index >= 15 is 0 Å². The standard InChI is InChI=1S/C18H15N3OS/c1-22-16-8-7-14-18(20-16)21-17(19-14)13-9-11-5-3-4-6-12(11)10-15(13)23-2/h3-10H,1-2H3,(H,19,20,21). The van der Waals surface area contributed by atoms with Crippen molar-refractivity contribution in [3.63, 3.8) is 0 Å². The summed E-state index contributed by atoms with van der Waals surface area (Å²) in [6.07, 6.45) is 2.08. The van der Waals surface area contributed by atoms with Crippen molar-refractivity contribution >= 4 is 33.7 Å². The van der Waals surface area contributed by atoms with Crippen LogP contribution in [0.2, 0.25) is 0 Å². The Bertz CT molecular complexity index is 1010. The first-order valence-electron chi connectivity index (χ1n) is 7.26. The minimum Gasteiger partial charge on any atom is -0.481 e. The second-order valence-corrected chi connectivity index (χ2v) is 6.06. The first-order chi connectivity index (χ1) is 11.3. The third-order valence-electron chi connectivity index (χ3n) is 3.85. The second kappa shape index (κ2) is 5.59. The predicted molar refractivity (Wildman–Crippen MR) is 95.2 cm³/mol. The quantitative estimate of drug-likeness (QED) is 0.564. The van der Waals surface area contributed by atoms with E-state index in [4.69, 9.17) is 4.74 Å². The van der Waals surface area contributed by atoms with Crippen LogP contribution >= 0.6 is 11.8 Å². The second-order valence-electron chi connectivity index (χ2n) is 5.21. The van der Waals surface area contributed by atoms with Crippen LogP contribution in [0.1, 0.15) is 0 Å². The van der Waals surface area contributed by atoms with Crippen LogP contribution in [0.4, 0.5) is 0 Å². The fourth-order valence-electron chi connectivity index (χ4n) is 2.69. The van der Waals surface area contributed by atoms with Crippen molar-refractivity contribution in [1.29, 1.82) is 0 Å². The number of thioether (sulfide) groups is 1. The van der Waals surface area contributed by atoms with Crippen LogP contribution in [0.15, 0.2) is 53.4 Å². The minimum absolute atomic E-state index is 0.569. The summed E-state index contributed by atoms with van der Waals surface area (Å²) in [5.74, 6) is 1.40. The Morgan fingerprint density at radius 1 is 1.00 bits per heavy atom. The van der Waals surface area contributed by atoms with Gasteiger partial charge in [-0.3, -0.25) is 0 Å². The smallest absolute Gasteiger partial charge is 0.215 e. The molecule has 0 atom stereocenters. The van der Waals surface area contributed by atoms with Crippen molar-refractivity contribution < 1.29 is 4.74 Å². The number of benzene rings is 2. The molecule has 1 N–H and O–H groups in total. The van der Waals surface area contributed by atoms with E-state index in [1.54, 1.807) is 18.9 Å². The van der Waals surface area contributed by atoms with E-state index < -0.39 is 0 Å². The van der Waals surface area contributed by atoms with Crippen LogP contribution in [0.5, 0.6) is 5.88 Å². The number of nitrogens with one attached hydrogen (secondary N) is 1. The molecule has 0 bridgehead atoms. The Balaban J connectivity index is 1.93. The van der Waals surface area contributed by atoms with Gasteiger partial charge in [0.15, 0.2) is 5.65 Å². The normalized spacial score (nSPS) is 11.2. The van der Waals surface area contributed by atoms with Gasteiger partial charge in [0, 0.05) is 16.5 Å². The zero-order valence-corrected chi connectivity index (χ0v) is 13.6. The molecule has 4 rings (SSSR count). The molecule has 0 aliphatic rings. The first kappa shape index (κ1) is 14.1. The van der Waals surface area contributed by atoms with E-state index in [0.717, 1.165) is 16.9 Å². The third-order valence-corrected chi connectivity index (χ3v) is 4.63. The SMILES string of the molecule is COc1ccc2[nH]c(-c3cc4ccccc4cc3SC)nc2n1. The third kappa shape index (κ3) is 2.43. The lowest BCUT2D eigenvalue weighted by Gasteiger charge is -2.07. The van der Waals surface area contributed by atoms with E-state index in [9.17, 15) is 0 Å². The lowest BCUT2D eigenvalue weighted by molar-refractivity contribution is 0.399. The van der Waals surface area contributed by atoms with Gasteiger partial charge >= 0.3 is 0 Å². The number of pyridine rings is 1. The number of rotatable bonds is 3. The summed E-state index contributed by atoms with van der Waals surface area (Å²) in [5.41, 5.74) is 2.66. The number of aromatic nitrogens is 3. The number of imidazole rings is 1. The molecule has 0 unspecified atom stereocenters. The van der Waals surface area contributed by atoms with Crippen LogP contribution in [-0.4, -0.2) is 28.3 Å². The summed E-state index contributed by atoms with van der Waals surface area (Å²) in [5, 5.41) is 2.43. The highest BCUT2D eigenvalue weighted by molar-refractivity contribution is 7.98. The summed E-state index contributed by atoms with van der Waals surface area (Å²) in [4.78, 5) is 13.6. The van der Waals surface area contributed by atoms with Gasteiger partial charge in [-0.1, -0.05) is 24.3 Å². The van der Waals surface area contributed by atoms with Gasteiger partial charge in [-0.2, -0.15) is 4.98 Å². The van der Waals surface area contributed by atoms with E-state index in [0.29, 0.717) is 11.5 Å². The average Bonchev–Trinajstić information content (AvgIpc) is 3.03. The van der Waals surface area contributed by atoms with Crippen molar-refractivity contribution in [2.75, 3.05) is 13.4 Å². The maximum atomic E-state index is 5.17. The van der Waals surface area contributed by atoms with Crippen molar-refractivity contribution in [2.24, 2.45) is 0 Å². The van der Waals surface area contributed by atoms with Gasteiger partial charge in [-0.15, -0.1) is 11.8 Å². The number of fused-ring (bicyclic) bond motifs is 2. The summed E-state index contributed by atoms with van der Waals surface area (Å²) >= 11 is 1.72. The lowest BCUT2D eigenvalue weighted by atomic mass is 10.1. The van der Waals surface area contributed by atoms with E-state index in [1.165, 1.54) is 15.7 Å². The van der Waals surface area contributed by atoms with Crippen LogP contribution in [0.3, 0.4) is 0 Å². The maximum absolute atomic E-state index is 5.17. The molecule has 4 aromatic rings. The highest BCUT2D eigenvalue weighted by atomic mass is 32.2. The molecule has 0 saturated carbocycles. The summed E-state index contributed by atoms with van der Waals surface area (Å²) in [6.45, 7) is 0. The number of ether oxygens (including phenoxy) is 1. The number of nitrogens with zero attached hydrogens (tertiary/aromatic N) is 2. The average molecular weight is 321 g/mol. The Hall–Kier alpha value is -2.53. The highest BCUT2D eigenvalue weighted by Crippen LogP contribution is 2.33. The molecule has 2 aromatic heterocycles. The van der Waals surface area contributed by atoms with Crippen LogP contribution < -0.4 is 4.74 Å². The molecule has 0 saturated heterocycles. The molecule has 2 heterocycles. The largest absolute Gasteiger partial charge is 0.481 e. The highest BCUT2D eigenvalue weighted by Gasteiger charge is 2.12. The molecule has 0 aliphatic carbocycles. The number of H-pyrrole nitrogens is 1. The van der Waals surface area contributed by atoms with Crippen molar-refractivity contribution in [2.45, 2.75) is 4.90 Å². The Kier molecular flexibility index (Phi) is 3.42. The molecule has 5 heteroatoms. The van der Waals surface area contributed by atoms with Gasteiger partial charge in [-0.25, -0.2) is 4.98 Å². The zero-order valence-electron chi connectivity index (χ0n) is 12.8. The summed E-state index contributed by atoms with van der Waals surface area (Å²) in [6, 6.07) is 16.5.